The minimum absolute atomic E-state index is 0.107. The lowest BCUT2D eigenvalue weighted by molar-refractivity contribution is -0.158. The van der Waals surface area contributed by atoms with E-state index in [1.807, 2.05) is 4.90 Å². The van der Waals surface area contributed by atoms with Gasteiger partial charge in [-0.2, -0.15) is 0 Å². The van der Waals surface area contributed by atoms with E-state index in [1.165, 1.54) is 0 Å². The lowest BCUT2D eigenvalue weighted by Crippen LogP contribution is -2.52. The molecule has 15 heavy (non-hydrogen) atoms. The summed E-state index contributed by atoms with van der Waals surface area (Å²) in [6.07, 6.45) is 0.198. The van der Waals surface area contributed by atoms with Crippen LogP contribution in [0.5, 0.6) is 0 Å². The van der Waals surface area contributed by atoms with Gasteiger partial charge in [-0.3, -0.25) is 4.79 Å². The molecule has 0 spiro atoms. The summed E-state index contributed by atoms with van der Waals surface area (Å²) < 4.78 is 10.7. The Balaban J connectivity index is 1.88. The maximum Gasteiger partial charge on any atom is 0.230 e. The minimum Gasteiger partial charge on any atom is -0.380 e. The smallest absolute Gasteiger partial charge is 0.230 e. The molecule has 0 aromatic rings. The average Bonchev–Trinajstić information content (AvgIpc) is 2.15. The predicted octanol–water partition coefficient (Wildman–Crippen LogP) is 0.516. The van der Waals surface area contributed by atoms with E-state index in [-0.39, 0.29) is 17.9 Å². The molecular weight excluding hydrogens is 194 g/mol. The molecule has 2 heterocycles. The van der Waals surface area contributed by atoms with Gasteiger partial charge in [-0.25, -0.2) is 0 Å². The van der Waals surface area contributed by atoms with Crippen molar-refractivity contribution in [3.05, 3.63) is 0 Å². The van der Waals surface area contributed by atoms with E-state index >= 15 is 0 Å². The molecule has 86 valence electrons. The zero-order chi connectivity index (χ0) is 10.8. The third-order valence-electron chi connectivity index (χ3n) is 3.14. The molecule has 0 radical (unpaired) electrons. The van der Waals surface area contributed by atoms with Crippen LogP contribution in [0, 0.1) is 11.8 Å². The van der Waals surface area contributed by atoms with Gasteiger partial charge in [0.1, 0.15) is 0 Å². The molecule has 2 rings (SSSR count). The van der Waals surface area contributed by atoms with Gasteiger partial charge >= 0.3 is 0 Å². The largest absolute Gasteiger partial charge is 0.380 e. The zero-order valence-electron chi connectivity index (χ0n) is 9.44. The minimum atomic E-state index is 0.107. The molecule has 0 aromatic carbocycles. The van der Waals surface area contributed by atoms with Crippen LogP contribution in [0.4, 0.5) is 0 Å². The first-order valence-corrected chi connectivity index (χ1v) is 5.66. The molecule has 2 aliphatic heterocycles. The molecule has 2 fully saturated rings. The molecule has 0 saturated carbocycles. The number of carbonyl (C=O) groups excluding carboxylic acids is 1. The Kier molecular flexibility index (Phi) is 3.26. The molecule has 1 amide bonds. The van der Waals surface area contributed by atoms with Gasteiger partial charge in [0.05, 0.1) is 31.8 Å². The van der Waals surface area contributed by atoms with Crippen molar-refractivity contribution >= 4 is 5.91 Å². The van der Waals surface area contributed by atoms with Gasteiger partial charge in [-0.15, -0.1) is 0 Å². The number of amides is 1. The van der Waals surface area contributed by atoms with Crippen molar-refractivity contribution in [3.8, 4) is 0 Å². The second kappa shape index (κ2) is 4.49. The van der Waals surface area contributed by atoms with E-state index < -0.39 is 0 Å². The third-order valence-corrected chi connectivity index (χ3v) is 3.14. The van der Waals surface area contributed by atoms with Crippen LogP contribution in [0.3, 0.4) is 0 Å². The van der Waals surface area contributed by atoms with E-state index in [0.717, 1.165) is 13.1 Å². The highest BCUT2D eigenvalue weighted by molar-refractivity contribution is 5.79. The molecule has 2 saturated heterocycles. The summed E-state index contributed by atoms with van der Waals surface area (Å²) >= 11 is 0. The van der Waals surface area contributed by atoms with Crippen molar-refractivity contribution in [1.29, 1.82) is 0 Å². The molecular formula is C11H19NO3. The standard InChI is InChI=1S/C11H19NO3/c1-8(2)10-5-12(3-4-15-10)11(13)9-6-14-7-9/h8-10H,3-7H2,1-2H3. The second-order valence-corrected chi connectivity index (χ2v) is 4.67. The highest BCUT2D eigenvalue weighted by Gasteiger charge is 2.33. The molecule has 0 bridgehead atoms. The fourth-order valence-electron chi connectivity index (χ4n) is 1.92. The van der Waals surface area contributed by atoms with Gasteiger partial charge < -0.3 is 14.4 Å². The van der Waals surface area contributed by atoms with Gasteiger partial charge in [0.15, 0.2) is 0 Å². The van der Waals surface area contributed by atoms with Crippen molar-refractivity contribution in [2.45, 2.75) is 20.0 Å². The summed E-state index contributed by atoms with van der Waals surface area (Å²) in [6.45, 7) is 7.61. The van der Waals surface area contributed by atoms with Crippen molar-refractivity contribution in [2.24, 2.45) is 11.8 Å². The molecule has 0 N–H and O–H groups in total. The number of nitrogens with zero attached hydrogens (tertiary/aromatic N) is 1. The van der Waals surface area contributed by atoms with Crippen molar-refractivity contribution < 1.29 is 14.3 Å². The topological polar surface area (TPSA) is 38.8 Å². The SMILES string of the molecule is CC(C)C1CN(C(=O)C2COC2)CCO1. The molecule has 4 nitrogen and oxygen atoms in total. The molecule has 2 aliphatic rings. The monoisotopic (exact) mass is 213 g/mol. The van der Waals surface area contributed by atoms with Crippen LogP contribution in [0.2, 0.25) is 0 Å². The second-order valence-electron chi connectivity index (χ2n) is 4.67. The lowest BCUT2D eigenvalue weighted by Gasteiger charge is -2.38. The third kappa shape index (κ3) is 2.32. The Hall–Kier alpha value is -0.610. The fourth-order valence-corrected chi connectivity index (χ4v) is 1.92. The summed E-state index contributed by atoms with van der Waals surface area (Å²) in [5.41, 5.74) is 0. The number of rotatable bonds is 2. The van der Waals surface area contributed by atoms with E-state index in [9.17, 15) is 4.79 Å². The van der Waals surface area contributed by atoms with Crippen molar-refractivity contribution in [2.75, 3.05) is 32.9 Å². The van der Waals surface area contributed by atoms with Crippen LogP contribution in [0.15, 0.2) is 0 Å². The van der Waals surface area contributed by atoms with Crippen LogP contribution >= 0.6 is 0 Å². The van der Waals surface area contributed by atoms with E-state index in [4.69, 9.17) is 9.47 Å². The summed E-state index contributed by atoms with van der Waals surface area (Å²) in [5, 5.41) is 0. The van der Waals surface area contributed by atoms with E-state index in [0.29, 0.717) is 25.7 Å². The van der Waals surface area contributed by atoms with Crippen LogP contribution < -0.4 is 0 Å². The van der Waals surface area contributed by atoms with Crippen LogP contribution in [0.1, 0.15) is 13.8 Å². The van der Waals surface area contributed by atoms with Crippen LogP contribution in [-0.2, 0) is 14.3 Å². The summed E-state index contributed by atoms with van der Waals surface area (Å²) in [6, 6.07) is 0. The number of hydrogen-bond acceptors (Lipinski definition) is 3. The van der Waals surface area contributed by atoms with E-state index in [2.05, 4.69) is 13.8 Å². The van der Waals surface area contributed by atoms with Gasteiger partial charge in [-0.05, 0) is 5.92 Å². The Morgan fingerprint density at radius 3 is 2.67 bits per heavy atom. The Morgan fingerprint density at radius 1 is 1.40 bits per heavy atom. The van der Waals surface area contributed by atoms with Gasteiger partial charge in [0.25, 0.3) is 0 Å². The zero-order valence-corrected chi connectivity index (χ0v) is 9.44. The summed E-state index contributed by atoms with van der Waals surface area (Å²) in [7, 11) is 0. The van der Waals surface area contributed by atoms with Gasteiger partial charge in [0.2, 0.25) is 5.91 Å². The molecule has 0 aromatic heterocycles. The highest BCUT2D eigenvalue weighted by atomic mass is 16.5. The summed E-state index contributed by atoms with van der Waals surface area (Å²) in [5.74, 6) is 0.823. The maximum absolute atomic E-state index is 11.9. The normalized spacial score (nSPS) is 27.9. The van der Waals surface area contributed by atoms with E-state index in [1.54, 1.807) is 0 Å². The first-order valence-electron chi connectivity index (χ1n) is 5.66. The Morgan fingerprint density at radius 2 is 2.13 bits per heavy atom. The average molecular weight is 213 g/mol. The predicted molar refractivity (Wildman–Crippen MR) is 55.5 cm³/mol. The fraction of sp³-hybridized carbons (Fsp3) is 0.909. The quantitative estimate of drug-likeness (QED) is 0.671. The Bertz CT molecular complexity index is 238. The first kappa shape index (κ1) is 10.9. The maximum atomic E-state index is 11.9. The van der Waals surface area contributed by atoms with Gasteiger partial charge in [-0.1, -0.05) is 13.8 Å². The number of ether oxygens (including phenoxy) is 2. The molecule has 4 heteroatoms. The molecule has 1 unspecified atom stereocenters. The van der Waals surface area contributed by atoms with Crippen LogP contribution in [0.25, 0.3) is 0 Å². The number of carbonyl (C=O) groups is 1. The number of morpholine rings is 1. The van der Waals surface area contributed by atoms with Crippen LogP contribution in [-0.4, -0.2) is 49.8 Å². The Labute approximate surface area is 90.5 Å². The summed E-state index contributed by atoms with van der Waals surface area (Å²) in [4.78, 5) is 13.9. The van der Waals surface area contributed by atoms with Crippen molar-refractivity contribution in [3.63, 3.8) is 0 Å². The first-order chi connectivity index (χ1) is 7.18. The molecule has 0 aliphatic carbocycles. The van der Waals surface area contributed by atoms with Gasteiger partial charge in [0, 0.05) is 13.1 Å². The lowest BCUT2D eigenvalue weighted by atomic mass is 10.0. The highest BCUT2D eigenvalue weighted by Crippen LogP contribution is 2.18. The number of hydrogen-bond donors (Lipinski definition) is 0. The molecule has 1 atom stereocenters. The van der Waals surface area contributed by atoms with Crippen molar-refractivity contribution in [1.82, 2.24) is 4.90 Å².